The average molecular weight is 321 g/mol. The van der Waals surface area contributed by atoms with Gasteiger partial charge in [-0.05, 0) is 57.6 Å². The Bertz CT molecular complexity index is 844. The maximum atomic E-state index is 3.72. The summed E-state index contributed by atoms with van der Waals surface area (Å²) >= 11 is 3.72. The maximum Gasteiger partial charge on any atom is 0.0260 e. The first-order chi connectivity index (χ1) is 9.81. The Morgan fingerprint density at radius 1 is 0.850 bits per heavy atom. The number of rotatable bonds is 1. The van der Waals surface area contributed by atoms with Crippen molar-refractivity contribution in [3.8, 4) is 11.1 Å². The van der Waals surface area contributed by atoms with Crippen molar-refractivity contribution in [2.24, 2.45) is 0 Å². The van der Waals surface area contributed by atoms with E-state index in [0.29, 0.717) is 0 Å². The summed E-state index contributed by atoms with van der Waals surface area (Å²) in [6.45, 7) is 0. The molecule has 4 rings (SSSR count). The summed E-state index contributed by atoms with van der Waals surface area (Å²) in [5.74, 6) is 0. The van der Waals surface area contributed by atoms with Crippen molar-refractivity contribution in [2.45, 2.75) is 6.42 Å². The molecule has 0 unspecified atom stereocenters. The highest BCUT2D eigenvalue weighted by atomic mass is 79.9. The maximum absolute atomic E-state index is 3.72. The Morgan fingerprint density at radius 3 is 2.50 bits per heavy atom. The van der Waals surface area contributed by atoms with Crippen LogP contribution < -0.4 is 0 Å². The van der Waals surface area contributed by atoms with Gasteiger partial charge in [-0.15, -0.1) is 0 Å². The van der Waals surface area contributed by atoms with Crippen molar-refractivity contribution >= 4 is 32.8 Å². The van der Waals surface area contributed by atoms with E-state index in [1.54, 1.807) is 0 Å². The van der Waals surface area contributed by atoms with E-state index < -0.39 is 0 Å². The largest absolute Gasteiger partial charge is 0.0795 e. The van der Waals surface area contributed by atoms with Crippen LogP contribution in [0.3, 0.4) is 0 Å². The Kier molecular flexibility index (Phi) is 2.75. The third kappa shape index (κ3) is 1.90. The summed E-state index contributed by atoms with van der Waals surface area (Å²) in [5, 5.41) is 2.55. The SMILES string of the molecule is Brc1cc2ccccc2cc1-c1ccc2c(c1)C=CC2. The summed E-state index contributed by atoms with van der Waals surface area (Å²) in [6.07, 6.45) is 5.51. The number of hydrogen-bond donors (Lipinski definition) is 0. The number of allylic oxidation sites excluding steroid dienone is 1. The highest BCUT2D eigenvalue weighted by Gasteiger charge is 2.09. The number of benzene rings is 3. The first kappa shape index (κ1) is 11.9. The number of halogens is 1. The molecule has 0 saturated carbocycles. The first-order valence-corrected chi connectivity index (χ1v) is 7.59. The van der Waals surface area contributed by atoms with Gasteiger partial charge in [0.25, 0.3) is 0 Å². The standard InChI is InChI=1S/C19H13Br/c20-19-12-16-5-2-1-4-15(16)11-18(19)17-9-8-13-6-3-7-14(13)10-17/h1-5,7-12H,6H2. The van der Waals surface area contributed by atoms with Crippen LogP contribution in [0, 0.1) is 0 Å². The minimum absolute atomic E-state index is 1.06. The molecule has 3 aromatic rings. The van der Waals surface area contributed by atoms with E-state index in [0.717, 1.165) is 10.9 Å². The van der Waals surface area contributed by atoms with Gasteiger partial charge < -0.3 is 0 Å². The Morgan fingerprint density at radius 2 is 1.65 bits per heavy atom. The third-order valence-corrected chi connectivity index (χ3v) is 4.58. The van der Waals surface area contributed by atoms with Gasteiger partial charge in [0.1, 0.15) is 0 Å². The predicted molar refractivity (Wildman–Crippen MR) is 89.8 cm³/mol. The summed E-state index contributed by atoms with van der Waals surface area (Å²) in [5.41, 5.74) is 5.30. The van der Waals surface area contributed by atoms with Crippen LogP contribution >= 0.6 is 15.9 Å². The molecule has 0 fully saturated rings. The molecule has 0 amide bonds. The molecule has 20 heavy (non-hydrogen) atoms. The average Bonchev–Trinajstić information content (AvgIpc) is 2.94. The van der Waals surface area contributed by atoms with Crippen LogP contribution in [0.25, 0.3) is 28.0 Å². The lowest BCUT2D eigenvalue weighted by Crippen LogP contribution is -1.86. The van der Waals surface area contributed by atoms with Gasteiger partial charge in [0.2, 0.25) is 0 Å². The van der Waals surface area contributed by atoms with Crippen molar-refractivity contribution < 1.29 is 0 Å². The van der Waals surface area contributed by atoms with Gasteiger partial charge in [-0.3, -0.25) is 0 Å². The zero-order valence-electron chi connectivity index (χ0n) is 10.9. The van der Waals surface area contributed by atoms with E-state index in [-0.39, 0.29) is 0 Å². The van der Waals surface area contributed by atoms with Crippen molar-refractivity contribution in [1.82, 2.24) is 0 Å². The van der Waals surface area contributed by atoms with Crippen LogP contribution in [0.1, 0.15) is 11.1 Å². The number of hydrogen-bond acceptors (Lipinski definition) is 0. The molecule has 0 atom stereocenters. The lowest BCUT2D eigenvalue weighted by molar-refractivity contribution is 1.31. The zero-order valence-corrected chi connectivity index (χ0v) is 12.5. The van der Waals surface area contributed by atoms with Crippen molar-refractivity contribution in [2.75, 3.05) is 0 Å². The smallest absolute Gasteiger partial charge is 0.0260 e. The summed E-state index contributed by atoms with van der Waals surface area (Å²) in [7, 11) is 0. The fraction of sp³-hybridized carbons (Fsp3) is 0.0526. The molecule has 0 spiro atoms. The van der Waals surface area contributed by atoms with Gasteiger partial charge in [0, 0.05) is 4.47 Å². The molecule has 0 radical (unpaired) electrons. The summed E-state index contributed by atoms with van der Waals surface area (Å²) in [4.78, 5) is 0. The van der Waals surface area contributed by atoms with Crippen LogP contribution in [-0.4, -0.2) is 0 Å². The van der Waals surface area contributed by atoms with Gasteiger partial charge in [0.15, 0.2) is 0 Å². The Balaban J connectivity index is 1.93. The van der Waals surface area contributed by atoms with Gasteiger partial charge in [-0.2, -0.15) is 0 Å². The molecule has 0 saturated heterocycles. The van der Waals surface area contributed by atoms with E-state index in [1.807, 2.05) is 0 Å². The van der Waals surface area contributed by atoms with Crippen molar-refractivity contribution in [3.63, 3.8) is 0 Å². The second-order valence-electron chi connectivity index (χ2n) is 5.20. The van der Waals surface area contributed by atoms with E-state index >= 15 is 0 Å². The summed E-state index contributed by atoms with van der Waals surface area (Å²) < 4.78 is 1.15. The van der Waals surface area contributed by atoms with Gasteiger partial charge in [0.05, 0.1) is 0 Å². The molecular weight excluding hydrogens is 308 g/mol. The third-order valence-electron chi connectivity index (χ3n) is 3.93. The zero-order chi connectivity index (χ0) is 13.5. The molecule has 0 heterocycles. The quantitative estimate of drug-likeness (QED) is 0.528. The highest BCUT2D eigenvalue weighted by Crippen LogP contribution is 2.34. The minimum Gasteiger partial charge on any atom is -0.0795 e. The van der Waals surface area contributed by atoms with Gasteiger partial charge in [-0.25, -0.2) is 0 Å². The molecule has 0 aliphatic heterocycles. The number of fused-ring (bicyclic) bond motifs is 2. The van der Waals surface area contributed by atoms with Crippen molar-refractivity contribution in [1.29, 1.82) is 0 Å². The second kappa shape index (κ2) is 4.60. The fourth-order valence-corrected chi connectivity index (χ4v) is 3.44. The van der Waals surface area contributed by atoms with Gasteiger partial charge >= 0.3 is 0 Å². The molecule has 1 aliphatic rings. The lowest BCUT2D eigenvalue weighted by Gasteiger charge is -2.09. The molecule has 0 aromatic heterocycles. The Hall–Kier alpha value is -1.86. The lowest BCUT2D eigenvalue weighted by atomic mass is 9.98. The molecule has 1 heteroatoms. The van der Waals surface area contributed by atoms with Crippen LogP contribution in [0.4, 0.5) is 0 Å². The van der Waals surface area contributed by atoms with Gasteiger partial charge in [-0.1, -0.05) is 64.5 Å². The minimum atomic E-state index is 1.06. The molecule has 0 bridgehead atoms. The van der Waals surface area contributed by atoms with Crippen LogP contribution in [0.2, 0.25) is 0 Å². The van der Waals surface area contributed by atoms with E-state index in [9.17, 15) is 0 Å². The molecular formula is C19H13Br. The van der Waals surface area contributed by atoms with E-state index in [4.69, 9.17) is 0 Å². The summed E-state index contributed by atoms with van der Waals surface area (Å²) in [6, 6.07) is 19.7. The second-order valence-corrected chi connectivity index (χ2v) is 6.05. The first-order valence-electron chi connectivity index (χ1n) is 6.79. The molecule has 0 N–H and O–H groups in total. The Labute approximate surface area is 126 Å². The normalized spacial score (nSPS) is 12.8. The molecule has 0 nitrogen and oxygen atoms in total. The molecule has 1 aliphatic carbocycles. The molecule has 96 valence electrons. The highest BCUT2D eigenvalue weighted by molar-refractivity contribution is 9.10. The van der Waals surface area contributed by atoms with Crippen molar-refractivity contribution in [3.05, 3.63) is 76.3 Å². The van der Waals surface area contributed by atoms with Crippen LogP contribution in [-0.2, 0) is 6.42 Å². The van der Waals surface area contributed by atoms with Crippen LogP contribution in [0.5, 0.6) is 0 Å². The van der Waals surface area contributed by atoms with E-state index in [2.05, 4.69) is 82.7 Å². The predicted octanol–water partition coefficient (Wildman–Crippen LogP) is 5.84. The fourth-order valence-electron chi connectivity index (χ4n) is 2.85. The monoisotopic (exact) mass is 320 g/mol. The van der Waals surface area contributed by atoms with Crippen LogP contribution in [0.15, 0.2) is 65.1 Å². The molecule has 3 aromatic carbocycles. The van der Waals surface area contributed by atoms with E-state index in [1.165, 1.54) is 33.0 Å². The topological polar surface area (TPSA) is 0 Å².